The molecule has 0 saturated carbocycles. The van der Waals surface area contributed by atoms with E-state index in [4.69, 9.17) is 0 Å². The molecule has 0 fully saturated rings. The number of rotatable bonds is 1. The van der Waals surface area contributed by atoms with E-state index < -0.39 is 46.1 Å². The molecule has 1 rings (SSSR count). The first-order chi connectivity index (χ1) is 8.78. The second-order valence-corrected chi connectivity index (χ2v) is 4.25. The largest absolute Gasteiger partial charge is 0.417 e. The average molecular weight is 375 g/mol. The summed E-state index contributed by atoms with van der Waals surface area (Å²) in [4.78, 5) is 0. The third-order valence-corrected chi connectivity index (χ3v) is 2.89. The summed E-state index contributed by atoms with van der Waals surface area (Å²) >= 11 is 2.62. The second kappa shape index (κ2) is 5.12. The van der Waals surface area contributed by atoms with Crippen molar-refractivity contribution in [1.29, 1.82) is 0 Å². The second-order valence-electron chi connectivity index (χ2n) is 3.69. The van der Waals surface area contributed by atoms with Crippen LogP contribution in [0.2, 0.25) is 0 Å². The van der Waals surface area contributed by atoms with E-state index in [2.05, 4.69) is 15.9 Å². The Bertz CT molecular complexity index is 460. The summed E-state index contributed by atoms with van der Waals surface area (Å²) in [6.45, 7) is 0. The van der Waals surface area contributed by atoms with E-state index in [-0.39, 0.29) is 12.1 Å². The molecule has 0 saturated heterocycles. The minimum Gasteiger partial charge on any atom is -0.166 e. The SMILES string of the molecule is FC(F)(F)c1cc(CBr)cc(C(F)(F)F)c1C(F)(F)F. The maximum atomic E-state index is 12.6. The lowest BCUT2D eigenvalue weighted by atomic mass is 9.96. The van der Waals surface area contributed by atoms with Crippen LogP contribution in [0.25, 0.3) is 0 Å². The Labute approximate surface area is 114 Å². The van der Waals surface area contributed by atoms with Crippen LogP contribution in [-0.2, 0) is 23.9 Å². The minimum atomic E-state index is -5.78. The summed E-state index contributed by atoms with van der Waals surface area (Å²) in [5.41, 5.74) is -7.98. The van der Waals surface area contributed by atoms with E-state index in [1.54, 1.807) is 0 Å². The molecule has 0 heterocycles. The molecule has 0 spiro atoms. The summed E-state index contributed by atoms with van der Waals surface area (Å²) in [5, 5.41) is -0.447. The lowest BCUT2D eigenvalue weighted by Crippen LogP contribution is -2.23. The third kappa shape index (κ3) is 3.58. The Morgan fingerprint density at radius 2 is 1.05 bits per heavy atom. The maximum absolute atomic E-state index is 12.6. The molecular formula is C10H4BrF9. The number of hydrogen-bond acceptors (Lipinski definition) is 0. The molecule has 114 valence electrons. The fraction of sp³-hybridized carbons (Fsp3) is 0.400. The lowest BCUT2D eigenvalue weighted by molar-refractivity contribution is -0.174. The summed E-state index contributed by atoms with van der Waals surface area (Å²) in [5.74, 6) is 0. The van der Waals surface area contributed by atoms with Gasteiger partial charge in [-0.1, -0.05) is 15.9 Å². The molecule has 0 unspecified atom stereocenters. The van der Waals surface area contributed by atoms with Crippen molar-refractivity contribution in [2.24, 2.45) is 0 Å². The van der Waals surface area contributed by atoms with Gasteiger partial charge in [-0.25, -0.2) is 0 Å². The molecule has 0 aliphatic rings. The first-order valence-electron chi connectivity index (χ1n) is 4.73. The number of benzene rings is 1. The van der Waals surface area contributed by atoms with Gasteiger partial charge in [0.15, 0.2) is 0 Å². The highest BCUT2D eigenvalue weighted by atomic mass is 79.9. The van der Waals surface area contributed by atoms with Gasteiger partial charge in [-0.15, -0.1) is 0 Å². The molecule has 0 bridgehead atoms. The van der Waals surface area contributed by atoms with E-state index >= 15 is 0 Å². The zero-order chi connectivity index (χ0) is 15.9. The molecule has 10 heteroatoms. The zero-order valence-electron chi connectivity index (χ0n) is 9.14. The Morgan fingerprint density at radius 3 is 1.25 bits per heavy atom. The maximum Gasteiger partial charge on any atom is 0.417 e. The first kappa shape index (κ1) is 17.1. The van der Waals surface area contributed by atoms with E-state index in [0.29, 0.717) is 0 Å². The van der Waals surface area contributed by atoms with Crippen molar-refractivity contribution >= 4 is 15.9 Å². The molecule has 0 amide bonds. The highest BCUT2D eigenvalue weighted by molar-refractivity contribution is 9.08. The molecule has 0 aromatic heterocycles. The van der Waals surface area contributed by atoms with Gasteiger partial charge in [-0.05, 0) is 17.7 Å². The molecular weight excluding hydrogens is 371 g/mol. The van der Waals surface area contributed by atoms with Crippen LogP contribution < -0.4 is 0 Å². The van der Waals surface area contributed by atoms with Crippen molar-refractivity contribution in [3.05, 3.63) is 34.4 Å². The van der Waals surface area contributed by atoms with Gasteiger partial charge in [-0.3, -0.25) is 0 Å². The van der Waals surface area contributed by atoms with Crippen molar-refractivity contribution < 1.29 is 39.5 Å². The number of hydrogen-bond donors (Lipinski definition) is 0. The molecule has 0 atom stereocenters. The van der Waals surface area contributed by atoms with Gasteiger partial charge in [0.1, 0.15) is 0 Å². The fourth-order valence-electron chi connectivity index (χ4n) is 1.53. The van der Waals surface area contributed by atoms with Gasteiger partial charge < -0.3 is 0 Å². The van der Waals surface area contributed by atoms with E-state index in [9.17, 15) is 39.5 Å². The summed E-state index contributed by atoms with van der Waals surface area (Å²) in [7, 11) is 0. The van der Waals surface area contributed by atoms with Crippen LogP contribution in [0.5, 0.6) is 0 Å². The Hall–Kier alpha value is -0.930. The van der Waals surface area contributed by atoms with Crippen molar-refractivity contribution in [3.8, 4) is 0 Å². The van der Waals surface area contributed by atoms with Gasteiger partial charge in [-0.2, -0.15) is 39.5 Å². The monoisotopic (exact) mass is 374 g/mol. The van der Waals surface area contributed by atoms with Crippen LogP contribution >= 0.6 is 15.9 Å². The van der Waals surface area contributed by atoms with Crippen LogP contribution in [0.4, 0.5) is 39.5 Å². The van der Waals surface area contributed by atoms with E-state index in [0.717, 1.165) is 0 Å². The molecule has 0 aliphatic carbocycles. The fourth-order valence-corrected chi connectivity index (χ4v) is 1.86. The standard InChI is InChI=1S/C10H4BrF9/c11-3-4-1-5(8(12,13)14)7(10(18,19)20)6(2-4)9(15,16)17/h1-2H,3H2. The van der Waals surface area contributed by atoms with Crippen LogP contribution in [0.3, 0.4) is 0 Å². The van der Waals surface area contributed by atoms with Crippen molar-refractivity contribution in [2.45, 2.75) is 23.9 Å². The van der Waals surface area contributed by atoms with Crippen LogP contribution in [0.15, 0.2) is 12.1 Å². The van der Waals surface area contributed by atoms with Crippen LogP contribution in [0.1, 0.15) is 22.3 Å². The molecule has 1 aromatic carbocycles. The van der Waals surface area contributed by atoms with Gasteiger partial charge in [0, 0.05) is 5.33 Å². The predicted molar refractivity (Wildman–Crippen MR) is 54.1 cm³/mol. The summed E-state index contributed by atoms with van der Waals surface area (Å²) in [6, 6.07) is 0.0969. The topological polar surface area (TPSA) is 0 Å². The van der Waals surface area contributed by atoms with Crippen molar-refractivity contribution in [2.75, 3.05) is 0 Å². The van der Waals surface area contributed by atoms with E-state index in [1.807, 2.05) is 0 Å². The quantitative estimate of drug-likeness (QED) is 0.441. The average Bonchev–Trinajstić information content (AvgIpc) is 2.23. The normalized spacial score (nSPS) is 13.7. The van der Waals surface area contributed by atoms with Gasteiger partial charge >= 0.3 is 18.5 Å². The molecule has 20 heavy (non-hydrogen) atoms. The zero-order valence-corrected chi connectivity index (χ0v) is 10.7. The predicted octanol–water partition coefficient (Wildman–Crippen LogP) is 5.64. The first-order valence-corrected chi connectivity index (χ1v) is 5.85. The molecule has 1 aromatic rings. The Kier molecular flexibility index (Phi) is 4.38. The minimum absolute atomic E-state index is 0.0484. The van der Waals surface area contributed by atoms with Crippen LogP contribution in [0, 0.1) is 0 Å². The summed E-state index contributed by atoms with van der Waals surface area (Å²) in [6.07, 6.45) is -16.9. The highest BCUT2D eigenvalue weighted by Crippen LogP contribution is 2.47. The third-order valence-electron chi connectivity index (χ3n) is 2.25. The van der Waals surface area contributed by atoms with Gasteiger partial charge in [0.25, 0.3) is 0 Å². The lowest BCUT2D eigenvalue weighted by Gasteiger charge is -2.21. The molecule has 0 nitrogen and oxygen atoms in total. The number of alkyl halides is 10. The Balaban J connectivity index is 3.83. The molecule has 0 radical (unpaired) electrons. The Morgan fingerprint density at radius 1 is 0.700 bits per heavy atom. The molecule has 0 aliphatic heterocycles. The van der Waals surface area contributed by atoms with Gasteiger partial charge in [0.2, 0.25) is 0 Å². The number of halogens is 10. The molecule has 0 N–H and O–H groups in total. The summed E-state index contributed by atoms with van der Waals surface area (Å²) < 4.78 is 113. The van der Waals surface area contributed by atoms with Crippen LogP contribution in [-0.4, -0.2) is 0 Å². The van der Waals surface area contributed by atoms with Gasteiger partial charge in [0.05, 0.1) is 16.7 Å². The van der Waals surface area contributed by atoms with Crippen molar-refractivity contribution in [1.82, 2.24) is 0 Å². The highest BCUT2D eigenvalue weighted by Gasteiger charge is 2.50. The van der Waals surface area contributed by atoms with Crippen molar-refractivity contribution in [3.63, 3.8) is 0 Å². The van der Waals surface area contributed by atoms with E-state index in [1.165, 1.54) is 0 Å². The smallest absolute Gasteiger partial charge is 0.166 e.